The van der Waals surface area contributed by atoms with Crippen LogP contribution in [0.1, 0.15) is 19.3 Å². The van der Waals surface area contributed by atoms with E-state index in [0.29, 0.717) is 19.3 Å². The fourth-order valence-corrected chi connectivity index (χ4v) is 1.58. The average Bonchev–Trinajstić information content (AvgIpc) is 2.27. The van der Waals surface area contributed by atoms with Gasteiger partial charge in [0, 0.05) is 6.04 Å². The normalized spacial score (nSPS) is 39.0. The Hall–Kier alpha value is -0.120. The summed E-state index contributed by atoms with van der Waals surface area (Å²) >= 11 is 0. The third kappa shape index (κ3) is 1.55. The maximum absolute atomic E-state index is 9.37. The standard InChI is InChI=1S/C8H15NO2/c10-8-5-11-4-7(8)9-6-2-1-3-6/h6-10H,1-5H2/t7-,8-/m1/s1. The molecule has 1 aliphatic heterocycles. The number of rotatable bonds is 2. The fourth-order valence-electron chi connectivity index (χ4n) is 1.58. The minimum absolute atomic E-state index is 0.195. The topological polar surface area (TPSA) is 41.5 Å². The van der Waals surface area contributed by atoms with Crippen LogP contribution in [0.5, 0.6) is 0 Å². The van der Waals surface area contributed by atoms with Crippen molar-refractivity contribution >= 4 is 0 Å². The molecule has 3 nitrogen and oxygen atoms in total. The van der Waals surface area contributed by atoms with E-state index < -0.39 is 0 Å². The SMILES string of the molecule is O[C@@H]1COC[C@H]1NC1CCC1. The maximum atomic E-state index is 9.37. The molecule has 1 saturated heterocycles. The molecule has 2 fully saturated rings. The van der Waals surface area contributed by atoms with Crippen LogP contribution in [0.4, 0.5) is 0 Å². The smallest absolute Gasteiger partial charge is 0.0948 e. The van der Waals surface area contributed by atoms with Gasteiger partial charge in [-0.05, 0) is 12.8 Å². The highest BCUT2D eigenvalue weighted by atomic mass is 16.5. The van der Waals surface area contributed by atoms with Crippen molar-refractivity contribution in [3.05, 3.63) is 0 Å². The number of aliphatic hydroxyl groups is 1. The molecule has 11 heavy (non-hydrogen) atoms. The number of nitrogens with one attached hydrogen (secondary N) is 1. The Labute approximate surface area is 66.7 Å². The third-order valence-corrected chi connectivity index (χ3v) is 2.61. The average molecular weight is 157 g/mol. The molecule has 1 heterocycles. The molecule has 1 saturated carbocycles. The van der Waals surface area contributed by atoms with Crippen LogP contribution in [-0.4, -0.2) is 36.5 Å². The van der Waals surface area contributed by atoms with Crippen molar-refractivity contribution in [2.75, 3.05) is 13.2 Å². The monoisotopic (exact) mass is 157 g/mol. The molecule has 64 valence electrons. The molecule has 2 aliphatic rings. The highest BCUT2D eigenvalue weighted by Gasteiger charge is 2.29. The van der Waals surface area contributed by atoms with Crippen LogP contribution in [0, 0.1) is 0 Å². The summed E-state index contributed by atoms with van der Waals surface area (Å²) in [5.74, 6) is 0. The minimum Gasteiger partial charge on any atom is -0.389 e. The van der Waals surface area contributed by atoms with E-state index in [2.05, 4.69) is 5.32 Å². The highest BCUT2D eigenvalue weighted by molar-refractivity contribution is 4.87. The lowest BCUT2D eigenvalue weighted by molar-refractivity contribution is 0.119. The Morgan fingerprint density at radius 3 is 2.55 bits per heavy atom. The van der Waals surface area contributed by atoms with Crippen LogP contribution < -0.4 is 5.32 Å². The van der Waals surface area contributed by atoms with E-state index in [-0.39, 0.29) is 12.1 Å². The quantitative estimate of drug-likeness (QED) is 0.587. The first-order valence-electron chi connectivity index (χ1n) is 4.38. The molecular formula is C8H15NO2. The van der Waals surface area contributed by atoms with Gasteiger partial charge in [0.05, 0.1) is 25.4 Å². The van der Waals surface area contributed by atoms with Gasteiger partial charge in [-0.2, -0.15) is 0 Å². The lowest BCUT2D eigenvalue weighted by Gasteiger charge is -2.30. The predicted molar refractivity (Wildman–Crippen MR) is 41.4 cm³/mol. The Morgan fingerprint density at radius 1 is 1.27 bits per heavy atom. The van der Waals surface area contributed by atoms with Gasteiger partial charge < -0.3 is 15.2 Å². The molecule has 2 N–H and O–H groups in total. The first-order valence-corrected chi connectivity index (χ1v) is 4.38. The Bertz CT molecular complexity index is 136. The van der Waals surface area contributed by atoms with E-state index in [1.165, 1.54) is 19.3 Å². The molecule has 2 rings (SSSR count). The second kappa shape index (κ2) is 3.09. The molecule has 1 aliphatic carbocycles. The van der Waals surface area contributed by atoms with Crippen molar-refractivity contribution in [1.82, 2.24) is 5.32 Å². The van der Waals surface area contributed by atoms with Crippen LogP contribution in [0.15, 0.2) is 0 Å². The van der Waals surface area contributed by atoms with E-state index in [4.69, 9.17) is 4.74 Å². The first-order chi connectivity index (χ1) is 5.36. The van der Waals surface area contributed by atoms with E-state index in [0.717, 1.165) is 0 Å². The van der Waals surface area contributed by atoms with Gasteiger partial charge in [0.15, 0.2) is 0 Å². The van der Waals surface area contributed by atoms with Crippen LogP contribution >= 0.6 is 0 Å². The van der Waals surface area contributed by atoms with E-state index in [1.54, 1.807) is 0 Å². The number of hydrogen-bond donors (Lipinski definition) is 2. The number of ether oxygens (including phenoxy) is 1. The first kappa shape index (κ1) is 7.53. The predicted octanol–water partition coefficient (Wildman–Crippen LogP) is -0.112. The van der Waals surface area contributed by atoms with Gasteiger partial charge in [-0.3, -0.25) is 0 Å². The highest BCUT2D eigenvalue weighted by Crippen LogP contribution is 2.20. The van der Waals surface area contributed by atoms with E-state index in [9.17, 15) is 5.11 Å². The van der Waals surface area contributed by atoms with Crippen LogP contribution in [-0.2, 0) is 4.74 Å². The van der Waals surface area contributed by atoms with Gasteiger partial charge in [-0.1, -0.05) is 6.42 Å². The lowest BCUT2D eigenvalue weighted by atomic mass is 9.92. The zero-order chi connectivity index (χ0) is 7.68. The molecule has 0 aromatic carbocycles. The maximum Gasteiger partial charge on any atom is 0.0948 e. The molecule has 0 radical (unpaired) electrons. The van der Waals surface area contributed by atoms with E-state index in [1.807, 2.05) is 0 Å². The van der Waals surface area contributed by atoms with Gasteiger partial charge in [-0.25, -0.2) is 0 Å². The fraction of sp³-hybridized carbons (Fsp3) is 1.00. The summed E-state index contributed by atoms with van der Waals surface area (Å²) in [5.41, 5.74) is 0. The number of hydrogen-bond acceptors (Lipinski definition) is 3. The second-order valence-electron chi connectivity index (χ2n) is 3.51. The Kier molecular flexibility index (Phi) is 2.11. The summed E-state index contributed by atoms with van der Waals surface area (Å²) in [6.07, 6.45) is 3.59. The lowest BCUT2D eigenvalue weighted by Crippen LogP contribution is -2.47. The van der Waals surface area contributed by atoms with Gasteiger partial charge in [0.2, 0.25) is 0 Å². The molecule has 0 spiro atoms. The minimum atomic E-state index is -0.282. The van der Waals surface area contributed by atoms with Crippen molar-refractivity contribution in [3.63, 3.8) is 0 Å². The summed E-state index contributed by atoms with van der Waals surface area (Å²) in [5, 5.41) is 12.8. The zero-order valence-electron chi connectivity index (χ0n) is 6.62. The summed E-state index contributed by atoms with van der Waals surface area (Å²) < 4.78 is 5.13. The van der Waals surface area contributed by atoms with Crippen molar-refractivity contribution in [3.8, 4) is 0 Å². The largest absolute Gasteiger partial charge is 0.389 e. The van der Waals surface area contributed by atoms with Gasteiger partial charge in [-0.15, -0.1) is 0 Å². The second-order valence-corrected chi connectivity index (χ2v) is 3.51. The molecule has 0 aromatic heterocycles. The Morgan fingerprint density at radius 2 is 2.09 bits per heavy atom. The molecule has 3 heteroatoms. The Balaban J connectivity index is 1.75. The van der Waals surface area contributed by atoms with E-state index >= 15 is 0 Å². The molecular weight excluding hydrogens is 142 g/mol. The molecule has 0 bridgehead atoms. The summed E-state index contributed by atoms with van der Waals surface area (Å²) in [7, 11) is 0. The summed E-state index contributed by atoms with van der Waals surface area (Å²) in [6.45, 7) is 1.18. The van der Waals surface area contributed by atoms with Crippen LogP contribution in [0.25, 0.3) is 0 Å². The number of aliphatic hydroxyl groups excluding tert-OH is 1. The van der Waals surface area contributed by atoms with Crippen molar-refractivity contribution in [2.45, 2.75) is 37.5 Å². The molecule has 0 aromatic rings. The van der Waals surface area contributed by atoms with Crippen LogP contribution in [0.3, 0.4) is 0 Å². The van der Waals surface area contributed by atoms with Gasteiger partial charge in [0.25, 0.3) is 0 Å². The van der Waals surface area contributed by atoms with Crippen LogP contribution in [0.2, 0.25) is 0 Å². The molecule has 0 unspecified atom stereocenters. The summed E-state index contributed by atoms with van der Waals surface area (Å²) in [6, 6.07) is 0.844. The van der Waals surface area contributed by atoms with Gasteiger partial charge in [0.1, 0.15) is 0 Å². The summed E-state index contributed by atoms with van der Waals surface area (Å²) in [4.78, 5) is 0. The molecule has 2 atom stereocenters. The van der Waals surface area contributed by atoms with Gasteiger partial charge >= 0.3 is 0 Å². The third-order valence-electron chi connectivity index (χ3n) is 2.61. The van der Waals surface area contributed by atoms with Crippen molar-refractivity contribution < 1.29 is 9.84 Å². The van der Waals surface area contributed by atoms with Crippen molar-refractivity contribution in [1.29, 1.82) is 0 Å². The van der Waals surface area contributed by atoms with Crippen molar-refractivity contribution in [2.24, 2.45) is 0 Å². The molecule has 0 amide bonds. The zero-order valence-corrected chi connectivity index (χ0v) is 6.62.